The summed E-state index contributed by atoms with van der Waals surface area (Å²) in [5.74, 6) is 0. The van der Waals surface area contributed by atoms with Crippen molar-refractivity contribution in [2.75, 3.05) is 19.8 Å². The van der Waals surface area contributed by atoms with Crippen LogP contribution in [0.4, 0.5) is 0 Å². The molecule has 0 rings (SSSR count). The Hall–Kier alpha value is 0.110. The lowest BCUT2D eigenvalue weighted by Gasteiger charge is -2.04. The van der Waals surface area contributed by atoms with Crippen molar-refractivity contribution in [1.82, 2.24) is 0 Å². The van der Waals surface area contributed by atoms with Gasteiger partial charge in [0, 0.05) is 19.8 Å². The molecule has 5 heteroatoms. The lowest BCUT2D eigenvalue weighted by molar-refractivity contribution is 0.202. The summed E-state index contributed by atoms with van der Waals surface area (Å²) in [6, 6.07) is 0. The summed E-state index contributed by atoms with van der Waals surface area (Å²) in [6.07, 6.45) is -0.520. The molecule has 0 aliphatic carbocycles. The standard InChI is InChI=1S/C4H12NO3P/c1-8-9(7)3-4(6)2-5/h4,6,9H,2-3,5H2,1H3/t4-/m1/s1. The second kappa shape index (κ2) is 4.94. The van der Waals surface area contributed by atoms with E-state index in [0.29, 0.717) is 0 Å². The van der Waals surface area contributed by atoms with Gasteiger partial charge >= 0.3 is 0 Å². The van der Waals surface area contributed by atoms with Crippen LogP contribution in [-0.4, -0.2) is 31.0 Å². The largest absolute Gasteiger partial charge is 0.391 e. The predicted molar refractivity (Wildman–Crippen MR) is 35.9 cm³/mol. The van der Waals surface area contributed by atoms with E-state index in [1.165, 1.54) is 7.11 Å². The van der Waals surface area contributed by atoms with Gasteiger partial charge in [0.25, 0.3) is 0 Å². The maximum absolute atomic E-state index is 10.5. The summed E-state index contributed by atoms with van der Waals surface area (Å²) in [5.41, 5.74) is 5.05. The van der Waals surface area contributed by atoms with Crippen LogP contribution >= 0.6 is 8.03 Å². The molecule has 56 valence electrons. The second-order valence-corrected chi connectivity index (χ2v) is 3.23. The van der Waals surface area contributed by atoms with Gasteiger partial charge in [0.1, 0.15) is 0 Å². The minimum atomic E-state index is -2.02. The minimum absolute atomic E-state index is 0.139. The molecule has 0 spiro atoms. The molecule has 0 aliphatic heterocycles. The van der Waals surface area contributed by atoms with Crippen molar-refractivity contribution in [1.29, 1.82) is 0 Å². The van der Waals surface area contributed by atoms with Gasteiger partial charge in [-0.2, -0.15) is 0 Å². The Morgan fingerprint density at radius 3 is 2.78 bits per heavy atom. The number of rotatable bonds is 4. The van der Waals surface area contributed by atoms with Crippen LogP contribution in [0.3, 0.4) is 0 Å². The van der Waals surface area contributed by atoms with Gasteiger partial charge < -0.3 is 15.4 Å². The predicted octanol–water partition coefficient (Wildman–Crippen LogP) is -0.573. The van der Waals surface area contributed by atoms with Gasteiger partial charge in [-0.05, 0) is 0 Å². The monoisotopic (exact) mass is 153 g/mol. The molecule has 0 aliphatic rings. The highest BCUT2D eigenvalue weighted by molar-refractivity contribution is 7.39. The molecule has 1 unspecified atom stereocenters. The fraction of sp³-hybridized carbons (Fsp3) is 1.00. The fourth-order valence-corrected chi connectivity index (χ4v) is 1.08. The third-order valence-electron chi connectivity index (χ3n) is 0.902. The Bertz CT molecular complexity index is 97.8. The maximum Gasteiger partial charge on any atom is 0.193 e. The van der Waals surface area contributed by atoms with E-state index in [0.717, 1.165) is 0 Å². The number of aliphatic hydroxyl groups excluding tert-OH is 1. The second-order valence-electron chi connectivity index (χ2n) is 1.67. The Morgan fingerprint density at radius 1 is 1.89 bits per heavy atom. The van der Waals surface area contributed by atoms with Gasteiger partial charge in [0.15, 0.2) is 8.03 Å². The first kappa shape index (κ1) is 9.11. The van der Waals surface area contributed by atoms with Crippen molar-refractivity contribution in [3.8, 4) is 0 Å². The molecule has 0 bridgehead atoms. The van der Waals surface area contributed by atoms with Crippen LogP contribution in [0.1, 0.15) is 0 Å². The molecular formula is C4H12NO3P. The van der Waals surface area contributed by atoms with Crippen LogP contribution in [-0.2, 0) is 9.09 Å². The van der Waals surface area contributed by atoms with E-state index in [9.17, 15) is 4.57 Å². The highest BCUT2D eigenvalue weighted by Gasteiger charge is 2.04. The van der Waals surface area contributed by atoms with Crippen molar-refractivity contribution in [2.24, 2.45) is 5.73 Å². The van der Waals surface area contributed by atoms with Gasteiger partial charge in [0.05, 0.1) is 6.10 Å². The molecule has 4 nitrogen and oxygen atoms in total. The van der Waals surface area contributed by atoms with Crippen LogP contribution < -0.4 is 5.73 Å². The van der Waals surface area contributed by atoms with Crippen LogP contribution in [0, 0.1) is 0 Å². The maximum atomic E-state index is 10.5. The molecular weight excluding hydrogens is 141 g/mol. The zero-order valence-electron chi connectivity index (χ0n) is 5.33. The number of aliphatic hydroxyl groups is 1. The van der Waals surface area contributed by atoms with E-state index in [1.54, 1.807) is 0 Å². The SMILES string of the molecule is CO[PH](=O)C[C@H](O)CN. The molecule has 3 N–H and O–H groups in total. The Balaban J connectivity index is 3.34. The molecule has 0 radical (unpaired) electrons. The Labute approximate surface area is 54.9 Å². The summed E-state index contributed by atoms with van der Waals surface area (Å²) < 4.78 is 15.0. The summed E-state index contributed by atoms with van der Waals surface area (Å²) in [6.45, 7) is 0.139. The zero-order valence-corrected chi connectivity index (χ0v) is 6.33. The van der Waals surface area contributed by atoms with Crippen molar-refractivity contribution < 1.29 is 14.2 Å². The van der Waals surface area contributed by atoms with Crippen LogP contribution in [0.2, 0.25) is 0 Å². The topological polar surface area (TPSA) is 72.5 Å². The minimum Gasteiger partial charge on any atom is -0.391 e. The van der Waals surface area contributed by atoms with E-state index >= 15 is 0 Å². The lowest BCUT2D eigenvalue weighted by Crippen LogP contribution is -2.21. The Morgan fingerprint density at radius 2 is 2.44 bits per heavy atom. The third-order valence-corrected chi connectivity index (χ3v) is 2.16. The normalized spacial score (nSPS) is 17.2. The van der Waals surface area contributed by atoms with Crippen molar-refractivity contribution in [2.45, 2.75) is 6.10 Å². The van der Waals surface area contributed by atoms with Gasteiger partial charge in [-0.1, -0.05) is 0 Å². The van der Waals surface area contributed by atoms with E-state index in [-0.39, 0.29) is 12.7 Å². The molecule has 9 heavy (non-hydrogen) atoms. The van der Waals surface area contributed by atoms with Gasteiger partial charge in [0.2, 0.25) is 0 Å². The quantitative estimate of drug-likeness (QED) is 0.530. The highest BCUT2D eigenvalue weighted by Crippen LogP contribution is 2.20. The van der Waals surface area contributed by atoms with Crippen LogP contribution in [0.25, 0.3) is 0 Å². The molecule has 0 heterocycles. The first-order valence-electron chi connectivity index (χ1n) is 2.65. The molecule has 0 saturated heterocycles. The molecule has 0 aromatic heterocycles. The average molecular weight is 153 g/mol. The summed E-state index contributed by atoms with van der Waals surface area (Å²) in [7, 11) is -0.668. The fourth-order valence-electron chi connectivity index (χ4n) is 0.359. The summed E-state index contributed by atoms with van der Waals surface area (Å²) in [4.78, 5) is 0. The first-order valence-corrected chi connectivity index (χ1v) is 4.18. The van der Waals surface area contributed by atoms with Crippen molar-refractivity contribution in [3.63, 3.8) is 0 Å². The Kier molecular flexibility index (Phi) is 5.00. The summed E-state index contributed by atoms with van der Waals surface area (Å²) in [5, 5.41) is 8.78. The highest BCUT2D eigenvalue weighted by atomic mass is 31.1. The first-order chi connectivity index (χ1) is 4.20. The number of hydrogen-bond acceptors (Lipinski definition) is 4. The van der Waals surface area contributed by atoms with Gasteiger partial charge in [-0.15, -0.1) is 0 Å². The number of nitrogens with two attached hydrogens (primary N) is 1. The van der Waals surface area contributed by atoms with Crippen molar-refractivity contribution >= 4 is 8.03 Å². The third kappa shape index (κ3) is 4.60. The van der Waals surface area contributed by atoms with E-state index in [4.69, 9.17) is 10.8 Å². The molecule has 0 saturated carbocycles. The zero-order chi connectivity index (χ0) is 7.28. The average Bonchev–Trinajstić information content (AvgIpc) is 1.87. The molecule has 2 atom stereocenters. The van der Waals surface area contributed by atoms with Crippen LogP contribution in [0.5, 0.6) is 0 Å². The van der Waals surface area contributed by atoms with E-state index in [1.807, 2.05) is 0 Å². The molecule has 0 amide bonds. The van der Waals surface area contributed by atoms with E-state index < -0.39 is 14.1 Å². The van der Waals surface area contributed by atoms with E-state index in [2.05, 4.69) is 4.52 Å². The van der Waals surface area contributed by atoms with Crippen molar-refractivity contribution in [3.05, 3.63) is 0 Å². The molecule has 0 aromatic carbocycles. The smallest absolute Gasteiger partial charge is 0.193 e. The lowest BCUT2D eigenvalue weighted by atomic mass is 10.4. The molecule has 0 fully saturated rings. The summed E-state index contributed by atoms with van der Waals surface area (Å²) >= 11 is 0. The number of hydrogen-bond donors (Lipinski definition) is 2. The molecule has 0 aromatic rings. The van der Waals surface area contributed by atoms with Crippen LogP contribution in [0.15, 0.2) is 0 Å². The van der Waals surface area contributed by atoms with Gasteiger partial charge in [-0.25, -0.2) is 0 Å². The van der Waals surface area contributed by atoms with Gasteiger partial charge in [-0.3, -0.25) is 4.57 Å².